The molecule has 0 saturated heterocycles. The molecular weight excluding hydrogens is 258 g/mol. The summed E-state index contributed by atoms with van der Waals surface area (Å²) in [5, 5.41) is 10.9. The first-order valence-corrected chi connectivity index (χ1v) is 5.64. The summed E-state index contributed by atoms with van der Waals surface area (Å²) in [5.74, 6) is 4.58. The number of carbonyl (C=O) groups excluding carboxylic acids is 1. The van der Waals surface area contributed by atoms with Crippen molar-refractivity contribution in [3.8, 4) is 11.8 Å². The van der Waals surface area contributed by atoms with Crippen molar-refractivity contribution in [2.24, 2.45) is 0 Å². The van der Waals surface area contributed by atoms with Gasteiger partial charge in [-0.25, -0.2) is 4.79 Å². The third-order valence-corrected chi connectivity index (χ3v) is 2.13. The zero-order valence-electron chi connectivity index (χ0n) is 9.60. The van der Waals surface area contributed by atoms with Crippen LogP contribution in [-0.2, 0) is 4.74 Å². The number of carbonyl (C=O) groups is 1. The molecule has 0 unspecified atom stereocenters. The topological polar surface area (TPSA) is 69.4 Å². The lowest BCUT2D eigenvalue weighted by molar-refractivity contribution is -0.385. The molecular formula is C12H10ClNO4. The maximum Gasteiger partial charge on any atom is 0.338 e. The van der Waals surface area contributed by atoms with Crippen LogP contribution in [0.25, 0.3) is 0 Å². The van der Waals surface area contributed by atoms with E-state index in [9.17, 15) is 14.9 Å². The Labute approximate surface area is 109 Å². The van der Waals surface area contributed by atoms with Crippen molar-refractivity contribution in [1.29, 1.82) is 0 Å². The molecule has 6 heteroatoms. The summed E-state index contributed by atoms with van der Waals surface area (Å²) in [6.45, 7) is 1.87. The highest BCUT2D eigenvalue weighted by atomic mass is 35.5. The normalized spacial score (nSPS) is 9.22. The highest BCUT2D eigenvalue weighted by Crippen LogP contribution is 2.20. The van der Waals surface area contributed by atoms with E-state index in [4.69, 9.17) is 16.3 Å². The lowest BCUT2D eigenvalue weighted by atomic mass is 10.1. The van der Waals surface area contributed by atoms with Gasteiger partial charge in [0.05, 0.1) is 23.0 Å². The van der Waals surface area contributed by atoms with Gasteiger partial charge in [-0.2, -0.15) is 0 Å². The van der Waals surface area contributed by atoms with Crippen LogP contribution in [0.1, 0.15) is 22.8 Å². The van der Waals surface area contributed by atoms with Crippen LogP contribution in [0.15, 0.2) is 18.2 Å². The fraction of sp³-hybridized carbons (Fsp3) is 0.250. The van der Waals surface area contributed by atoms with Gasteiger partial charge < -0.3 is 4.74 Å². The summed E-state index contributed by atoms with van der Waals surface area (Å²) in [4.78, 5) is 21.7. The molecule has 0 aliphatic rings. The third-order valence-electron chi connectivity index (χ3n) is 2.00. The van der Waals surface area contributed by atoms with E-state index in [2.05, 4.69) is 11.8 Å². The molecule has 1 rings (SSSR count). The van der Waals surface area contributed by atoms with Crippen molar-refractivity contribution < 1.29 is 14.5 Å². The first kappa shape index (κ1) is 14.0. The number of nitro groups is 1. The average Bonchev–Trinajstić information content (AvgIpc) is 2.36. The third kappa shape index (κ3) is 3.47. The number of rotatable bonds is 3. The highest BCUT2D eigenvalue weighted by molar-refractivity contribution is 6.19. The molecule has 1 aromatic rings. The second kappa shape index (κ2) is 6.62. The molecule has 0 saturated carbocycles. The van der Waals surface area contributed by atoms with E-state index in [1.165, 1.54) is 12.1 Å². The molecule has 0 atom stereocenters. The van der Waals surface area contributed by atoms with Gasteiger partial charge in [0.25, 0.3) is 5.69 Å². The summed E-state index contributed by atoms with van der Waals surface area (Å²) in [6.07, 6.45) is 0. The molecule has 1 aromatic carbocycles. The smallest absolute Gasteiger partial charge is 0.338 e. The van der Waals surface area contributed by atoms with Crippen LogP contribution in [0, 0.1) is 22.0 Å². The predicted octanol–water partition coefficient (Wildman–Crippen LogP) is 2.36. The summed E-state index contributed by atoms with van der Waals surface area (Å²) in [6, 6.07) is 3.99. The van der Waals surface area contributed by atoms with E-state index in [-0.39, 0.29) is 29.3 Å². The van der Waals surface area contributed by atoms with E-state index in [0.29, 0.717) is 0 Å². The number of hydrogen-bond acceptors (Lipinski definition) is 4. The Morgan fingerprint density at radius 1 is 1.56 bits per heavy atom. The fourth-order valence-corrected chi connectivity index (χ4v) is 1.33. The molecule has 0 amide bonds. The SMILES string of the molecule is CCOC(=O)c1ccc(C#CCCl)c([N+](=O)[O-])c1. The van der Waals surface area contributed by atoms with Gasteiger partial charge in [0, 0.05) is 6.07 Å². The first-order chi connectivity index (χ1) is 8.60. The van der Waals surface area contributed by atoms with Crippen LogP contribution in [0.3, 0.4) is 0 Å². The maximum absolute atomic E-state index is 11.4. The number of nitro benzene ring substituents is 1. The number of hydrogen-bond donors (Lipinski definition) is 0. The standard InChI is InChI=1S/C12H10ClNO4/c1-2-18-12(15)10-6-5-9(4-3-7-13)11(8-10)14(16)17/h5-6,8H,2,7H2,1H3. The van der Waals surface area contributed by atoms with Crippen LogP contribution in [-0.4, -0.2) is 23.4 Å². The van der Waals surface area contributed by atoms with Gasteiger partial charge in [0.2, 0.25) is 0 Å². The Morgan fingerprint density at radius 2 is 2.28 bits per heavy atom. The van der Waals surface area contributed by atoms with Gasteiger partial charge in [-0.05, 0) is 19.1 Å². The lowest BCUT2D eigenvalue weighted by Gasteiger charge is -2.02. The van der Waals surface area contributed by atoms with E-state index >= 15 is 0 Å². The van der Waals surface area contributed by atoms with Crippen LogP contribution < -0.4 is 0 Å². The lowest BCUT2D eigenvalue weighted by Crippen LogP contribution is -2.05. The van der Waals surface area contributed by atoms with Crippen molar-refractivity contribution >= 4 is 23.3 Å². The molecule has 0 N–H and O–H groups in total. The quantitative estimate of drug-likeness (QED) is 0.277. The molecule has 5 nitrogen and oxygen atoms in total. The van der Waals surface area contributed by atoms with E-state index in [1.54, 1.807) is 6.92 Å². The summed E-state index contributed by atoms with van der Waals surface area (Å²) in [5.41, 5.74) is 0.104. The predicted molar refractivity (Wildman–Crippen MR) is 66.7 cm³/mol. The van der Waals surface area contributed by atoms with E-state index in [0.717, 1.165) is 6.07 Å². The van der Waals surface area contributed by atoms with Gasteiger partial charge in [-0.15, -0.1) is 11.6 Å². The zero-order chi connectivity index (χ0) is 13.5. The molecule has 18 heavy (non-hydrogen) atoms. The van der Waals surface area contributed by atoms with Crippen LogP contribution in [0.4, 0.5) is 5.69 Å². The molecule has 0 aliphatic heterocycles. The molecule has 0 spiro atoms. The second-order valence-corrected chi connectivity index (χ2v) is 3.41. The van der Waals surface area contributed by atoms with Crippen molar-refractivity contribution in [2.75, 3.05) is 12.5 Å². The van der Waals surface area contributed by atoms with Gasteiger partial charge in [0.1, 0.15) is 5.56 Å². The Balaban J connectivity index is 3.19. The van der Waals surface area contributed by atoms with Crippen LogP contribution in [0.2, 0.25) is 0 Å². The highest BCUT2D eigenvalue weighted by Gasteiger charge is 2.16. The average molecular weight is 268 g/mol. The summed E-state index contributed by atoms with van der Waals surface area (Å²) < 4.78 is 4.76. The minimum atomic E-state index is -0.600. The Hall–Kier alpha value is -2.06. The van der Waals surface area contributed by atoms with Gasteiger partial charge >= 0.3 is 5.97 Å². The Morgan fingerprint density at radius 3 is 2.83 bits per heavy atom. The minimum absolute atomic E-state index is 0.0801. The molecule has 94 valence electrons. The Kier molecular flexibility index (Phi) is 5.15. The molecule has 0 aliphatic carbocycles. The van der Waals surface area contributed by atoms with Crippen molar-refractivity contribution in [3.63, 3.8) is 0 Å². The molecule has 0 radical (unpaired) electrons. The monoisotopic (exact) mass is 267 g/mol. The van der Waals surface area contributed by atoms with Crippen molar-refractivity contribution in [3.05, 3.63) is 39.4 Å². The number of esters is 1. The van der Waals surface area contributed by atoms with Crippen LogP contribution >= 0.6 is 11.6 Å². The summed E-state index contributed by atoms with van der Waals surface area (Å²) in [7, 11) is 0. The number of ether oxygens (including phenoxy) is 1. The van der Waals surface area contributed by atoms with Gasteiger partial charge in [-0.1, -0.05) is 11.8 Å². The number of alkyl halides is 1. The molecule has 0 fully saturated rings. The summed E-state index contributed by atoms with van der Waals surface area (Å²) >= 11 is 5.39. The molecule has 0 heterocycles. The fourth-order valence-electron chi connectivity index (χ4n) is 1.26. The van der Waals surface area contributed by atoms with Crippen LogP contribution in [0.5, 0.6) is 0 Å². The van der Waals surface area contributed by atoms with E-state index < -0.39 is 10.9 Å². The van der Waals surface area contributed by atoms with Gasteiger partial charge in [0.15, 0.2) is 0 Å². The first-order valence-electron chi connectivity index (χ1n) is 5.10. The van der Waals surface area contributed by atoms with Crippen molar-refractivity contribution in [2.45, 2.75) is 6.92 Å². The zero-order valence-corrected chi connectivity index (χ0v) is 10.4. The molecule has 0 aromatic heterocycles. The minimum Gasteiger partial charge on any atom is -0.462 e. The molecule has 0 bridgehead atoms. The Bertz CT molecular complexity index is 531. The maximum atomic E-state index is 11.4. The largest absolute Gasteiger partial charge is 0.462 e. The number of halogens is 1. The van der Waals surface area contributed by atoms with Gasteiger partial charge in [-0.3, -0.25) is 10.1 Å². The second-order valence-electron chi connectivity index (χ2n) is 3.14. The number of benzene rings is 1. The van der Waals surface area contributed by atoms with E-state index in [1.807, 2.05) is 0 Å². The number of nitrogens with zero attached hydrogens (tertiary/aromatic N) is 1. The van der Waals surface area contributed by atoms with Crippen molar-refractivity contribution in [1.82, 2.24) is 0 Å².